The summed E-state index contributed by atoms with van der Waals surface area (Å²) in [5.41, 5.74) is 1.65. The highest BCUT2D eigenvalue weighted by atomic mass is 16.4. The predicted octanol–water partition coefficient (Wildman–Crippen LogP) is 4.66. The highest BCUT2D eigenvalue weighted by Crippen LogP contribution is 2.39. The largest absolute Gasteiger partial charge is 0.478 e. The number of hydrogen-bond acceptors (Lipinski definition) is 4. The average molecular weight is 510 g/mol. The monoisotopic (exact) mass is 509 g/mol. The van der Waals surface area contributed by atoms with Crippen LogP contribution in [0, 0.1) is 0 Å². The van der Waals surface area contributed by atoms with E-state index in [4.69, 9.17) is 0 Å². The van der Waals surface area contributed by atoms with Crippen LogP contribution in [0.2, 0.25) is 0 Å². The molecule has 4 aromatic rings. The Morgan fingerprint density at radius 2 is 1.42 bits per heavy atom. The van der Waals surface area contributed by atoms with E-state index in [1.54, 1.807) is 35.8 Å². The van der Waals surface area contributed by atoms with Crippen LogP contribution < -0.4 is 5.56 Å². The molecule has 1 N–H and O–H groups in total. The summed E-state index contributed by atoms with van der Waals surface area (Å²) in [4.78, 5) is 42.9. The molecule has 0 spiro atoms. The third kappa shape index (κ3) is 4.39. The minimum absolute atomic E-state index is 0.00270. The Kier molecular flexibility index (Phi) is 6.87. The molecule has 0 saturated carbocycles. The molecule has 1 saturated heterocycles. The van der Waals surface area contributed by atoms with E-state index in [1.807, 2.05) is 60.5 Å². The number of nitrogens with zero attached hydrogens (tertiary/aromatic N) is 3. The quantitative estimate of drug-likeness (QED) is 0.409. The molecule has 0 bridgehead atoms. The maximum atomic E-state index is 13.7. The maximum Gasteiger partial charge on any atom is 0.338 e. The number of carboxylic acids is 1. The van der Waals surface area contributed by atoms with Gasteiger partial charge < -0.3 is 10.0 Å². The second-order valence-corrected chi connectivity index (χ2v) is 9.90. The Bertz CT molecular complexity index is 1540. The Balaban J connectivity index is 1.58. The average Bonchev–Trinajstić information content (AvgIpc) is 2.94. The van der Waals surface area contributed by atoms with Crippen molar-refractivity contribution in [2.75, 3.05) is 20.1 Å². The van der Waals surface area contributed by atoms with Crippen molar-refractivity contribution in [1.82, 2.24) is 14.4 Å². The van der Waals surface area contributed by atoms with Gasteiger partial charge in [0.1, 0.15) is 0 Å². The van der Waals surface area contributed by atoms with E-state index in [-0.39, 0.29) is 17.0 Å². The van der Waals surface area contributed by atoms with Gasteiger partial charge in [-0.05, 0) is 36.6 Å². The minimum Gasteiger partial charge on any atom is -0.478 e. The molecule has 1 amide bonds. The third-order valence-corrected chi connectivity index (χ3v) is 7.90. The van der Waals surface area contributed by atoms with Crippen LogP contribution in [-0.4, -0.2) is 51.5 Å². The first-order valence-corrected chi connectivity index (χ1v) is 12.8. The van der Waals surface area contributed by atoms with Gasteiger partial charge in [0, 0.05) is 50.1 Å². The van der Waals surface area contributed by atoms with E-state index < -0.39 is 11.5 Å². The molecule has 5 rings (SSSR count). The highest BCUT2D eigenvalue weighted by Gasteiger charge is 2.41. The van der Waals surface area contributed by atoms with Crippen LogP contribution in [0.3, 0.4) is 0 Å². The molecule has 3 aromatic carbocycles. The second-order valence-electron chi connectivity index (χ2n) is 9.90. The number of carbonyl (C=O) groups excluding carboxylic acids is 1. The summed E-state index contributed by atoms with van der Waals surface area (Å²) in [6.45, 7) is 3.16. The first kappa shape index (κ1) is 25.4. The van der Waals surface area contributed by atoms with Gasteiger partial charge in [-0.2, -0.15) is 0 Å². The number of rotatable bonds is 6. The van der Waals surface area contributed by atoms with Gasteiger partial charge in [0.2, 0.25) is 5.91 Å². The van der Waals surface area contributed by atoms with Crippen LogP contribution in [0.1, 0.15) is 41.4 Å². The van der Waals surface area contributed by atoms with Gasteiger partial charge in [0.15, 0.2) is 0 Å². The number of aromatic nitrogens is 1. The predicted molar refractivity (Wildman–Crippen MR) is 148 cm³/mol. The SMILES string of the molecule is CC(=O)N(C)C1(c2ccccc2)CCN(Cc2c(C(=O)O)c3ccccc3c(=O)n2-c2ccccc2)CC1. The van der Waals surface area contributed by atoms with Crippen molar-refractivity contribution in [2.45, 2.75) is 31.8 Å². The number of hydrogen-bond donors (Lipinski definition) is 1. The van der Waals surface area contributed by atoms with Gasteiger partial charge in [0.25, 0.3) is 5.56 Å². The standard InChI is InChI=1S/C31H31N3O4/c1-22(35)32(2)31(23-11-5-3-6-12-23)17-19-33(20-18-31)21-27-28(30(37)38)25-15-9-10-16-26(25)29(36)34(27)24-13-7-4-8-14-24/h3-16H,17-21H2,1-2H3,(H,37,38). The molecule has 7 nitrogen and oxygen atoms in total. The lowest BCUT2D eigenvalue weighted by atomic mass is 9.79. The lowest BCUT2D eigenvalue weighted by Crippen LogP contribution is -2.53. The van der Waals surface area contributed by atoms with Crippen LogP contribution in [-0.2, 0) is 16.9 Å². The van der Waals surface area contributed by atoms with Crippen LogP contribution in [0.15, 0.2) is 89.7 Å². The molecule has 1 aliphatic rings. The normalized spacial score (nSPS) is 15.3. The molecular weight excluding hydrogens is 478 g/mol. The number of para-hydroxylation sites is 1. The number of carbonyl (C=O) groups is 2. The molecule has 38 heavy (non-hydrogen) atoms. The van der Waals surface area contributed by atoms with Crippen LogP contribution in [0.25, 0.3) is 16.5 Å². The summed E-state index contributed by atoms with van der Waals surface area (Å²) < 4.78 is 1.55. The van der Waals surface area contributed by atoms with Crippen molar-refractivity contribution < 1.29 is 14.7 Å². The fourth-order valence-corrected chi connectivity index (χ4v) is 5.80. The first-order chi connectivity index (χ1) is 18.3. The smallest absolute Gasteiger partial charge is 0.338 e. The van der Waals surface area contributed by atoms with Gasteiger partial charge in [-0.25, -0.2) is 4.79 Å². The van der Waals surface area contributed by atoms with Crippen LogP contribution >= 0.6 is 0 Å². The molecule has 2 heterocycles. The number of amides is 1. The zero-order valence-electron chi connectivity index (χ0n) is 21.6. The number of likely N-dealkylation sites (tertiary alicyclic amines) is 1. The Labute approximate surface area is 221 Å². The van der Waals surface area contributed by atoms with Gasteiger partial charge >= 0.3 is 5.97 Å². The summed E-state index contributed by atoms with van der Waals surface area (Å²) in [5, 5.41) is 11.2. The zero-order valence-corrected chi connectivity index (χ0v) is 21.6. The number of aromatic carboxylic acids is 1. The van der Waals surface area contributed by atoms with Gasteiger partial charge in [-0.15, -0.1) is 0 Å². The van der Waals surface area contributed by atoms with E-state index in [9.17, 15) is 19.5 Å². The molecule has 194 valence electrons. The van der Waals surface area contributed by atoms with E-state index >= 15 is 0 Å². The van der Waals surface area contributed by atoms with E-state index in [0.717, 1.165) is 5.56 Å². The highest BCUT2D eigenvalue weighted by molar-refractivity contribution is 6.04. The molecule has 0 radical (unpaired) electrons. The van der Waals surface area contributed by atoms with Crippen molar-refractivity contribution in [3.63, 3.8) is 0 Å². The molecule has 1 fully saturated rings. The summed E-state index contributed by atoms with van der Waals surface area (Å²) in [6, 6.07) is 26.2. The van der Waals surface area contributed by atoms with Crippen LogP contribution in [0.4, 0.5) is 0 Å². The topological polar surface area (TPSA) is 82.9 Å². The Hall–Kier alpha value is -4.23. The Morgan fingerprint density at radius 1 is 0.868 bits per heavy atom. The number of piperidine rings is 1. The summed E-state index contributed by atoms with van der Waals surface area (Å²) in [6.07, 6.45) is 1.39. The first-order valence-electron chi connectivity index (χ1n) is 12.8. The van der Waals surface area contributed by atoms with Gasteiger partial charge in [0.05, 0.1) is 16.8 Å². The number of carboxylic acid groups (broad SMARTS) is 1. The molecule has 0 atom stereocenters. The fraction of sp³-hybridized carbons (Fsp3) is 0.258. The molecule has 7 heteroatoms. The maximum absolute atomic E-state index is 13.7. The fourth-order valence-electron chi connectivity index (χ4n) is 5.80. The number of pyridine rings is 1. The second kappa shape index (κ2) is 10.3. The van der Waals surface area contributed by atoms with E-state index in [1.165, 1.54) is 0 Å². The van der Waals surface area contributed by atoms with Crippen molar-refractivity contribution in [3.8, 4) is 5.69 Å². The minimum atomic E-state index is -1.06. The van der Waals surface area contributed by atoms with E-state index in [0.29, 0.717) is 54.6 Å². The Morgan fingerprint density at radius 3 is 2.00 bits per heavy atom. The summed E-state index contributed by atoms with van der Waals surface area (Å²) in [7, 11) is 1.85. The van der Waals surface area contributed by atoms with Gasteiger partial charge in [-0.3, -0.25) is 19.1 Å². The zero-order chi connectivity index (χ0) is 26.9. The lowest BCUT2D eigenvalue weighted by molar-refractivity contribution is -0.136. The third-order valence-electron chi connectivity index (χ3n) is 7.90. The van der Waals surface area contributed by atoms with Crippen LogP contribution in [0.5, 0.6) is 0 Å². The number of fused-ring (bicyclic) bond motifs is 1. The van der Waals surface area contributed by atoms with Crippen molar-refractivity contribution in [1.29, 1.82) is 0 Å². The van der Waals surface area contributed by atoms with E-state index in [2.05, 4.69) is 17.0 Å². The molecule has 1 aromatic heterocycles. The molecule has 0 aliphatic carbocycles. The van der Waals surface area contributed by atoms with Crippen molar-refractivity contribution in [3.05, 3.63) is 112 Å². The van der Waals surface area contributed by atoms with Gasteiger partial charge in [-0.1, -0.05) is 66.7 Å². The molecule has 0 unspecified atom stereocenters. The summed E-state index contributed by atoms with van der Waals surface area (Å²) >= 11 is 0. The van der Waals surface area contributed by atoms with Crippen molar-refractivity contribution >= 4 is 22.6 Å². The summed E-state index contributed by atoms with van der Waals surface area (Å²) in [5.74, 6) is -1.06. The lowest BCUT2D eigenvalue weighted by Gasteiger charge is -2.47. The molecule has 1 aliphatic heterocycles. The molecular formula is C31H31N3O4. The number of benzene rings is 3. The van der Waals surface area contributed by atoms with Crippen molar-refractivity contribution in [2.24, 2.45) is 0 Å².